The Morgan fingerprint density at radius 1 is 1.44 bits per heavy atom. The summed E-state index contributed by atoms with van der Waals surface area (Å²) in [4.78, 5) is 50.0. The summed E-state index contributed by atoms with van der Waals surface area (Å²) in [6, 6.07) is 0. The Bertz CT molecular complexity index is 766. The zero-order chi connectivity index (χ0) is 18.2. The highest BCUT2D eigenvalue weighted by atomic mass is 31.2. The van der Waals surface area contributed by atoms with Crippen molar-refractivity contribution < 1.29 is 34.1 Å². The summed E-state index contributed by atoms with van der Waals surface area (Å²) in [5, 5.41) is 10.2. The molecule has 2 aromatic heterocycles. The van der Waals surface area contributed by atoms with E-state index in [4.69, 9.17) is 29.9 Å². The van der Waals surface area contributed by atoms with Crippen LogP contribution < -0.4 is 5.73 Å². The molecule has 1 saturated heterocycles. The molecular formula is C12H17N5O7P+. The summed E-state index contributed by atoms with van der Waals surface area (Å²) in [5.74, 6) is -1.56. The molecule has 2 aromatic rings. The molecule has 4 atom stereocenters. The van der Waals surface area contributed by atoms with Crippen LogP contribution in [0.25, 0.3) is 11.2 Å². The van der Waals surface area contributed by atoms with E-state index in [0.29, 0.717) is 11.2 Å². The number of anilines is 1. The minimum absolute atomic E-state index is 0.0969. The van der Waals surface area contributed by atoms with E-state index < -0.39 is 32.2 Å². The van der Waals surface area contributed by atoms with Crippen molar-refractivity contribution in [2.45, 2.75) is 30.7 Å². The van der Waals surface area contributed by atoms with E-state index in [1.54, 1.807) is 0 Å². The van der Waals surface area contributed by atoms with E-state index in [-0.39, 0.29) is 25.1 Å². The first-order chi connectivity index (χ1) is 11.8. The van der Waals surface area contributed by atoms with Gasteiger partial charge in [0, 0.05) is 6.42 Å². The van der Waals surface area contributed by atoms with E-state index in [1.165, 1.54) is 17.2 Å². The first kappa shape index (κ1) is 18.0. The molecule has 0 aliphatic carbocycles. The lowest BCUT2D eigenvalue weighted by Gasteiger charge is -2.18. The Balaban J connectivity index is 1.71. The second-order valence-electron chi connectivity index (χ2n) is 5.51. The Kier molecular flexibility index (Phi) is 4.93. The van der Waals surface area contributed by atoms with Crippen LogP contribution in [-0.4, -0.2) is 70.3 Å². The predicted octanol–water partition coefficient (Wildman–Crippen LogP) is -1.66. The zero-order valence-corrected chi connectivity index (χ0v) is 13.7. The van der Waals surface area contributed by atoms with E-state index in [1.807, 2.05) is 0 Å². The number of fused-ring (bicyclic) bond motifs is 1. The largest absolute Gasteiger partial charge is 0.442 e. The fourth-order valence-electron chi connectivity index (χ4n) is 2.57. The smallest absolute Gasteiger partial charge is 0.388 e. The molecule has 3 rings (SSSR count). The average Bonchev–Trinajstić information content (AvgIpc) is 3.11. The van der Waals surface area contributed by atoms with Crippen LogP contribution in [0.1, 0.15) is 12.6 Å². The van der Waals surface area contributed by atoms with Gasteiger partial charge in [0.15, 0.2) is 24.0 Å². The van der Waals surface area contributed by atoms with Crippen LogP contribution in [0.5, 0.6) is 0 Å². The number of aromatic nitrogens is 4. The van der Waals surface area contributed by atoms with Gasteiger partial charge in [-0.3, -0.25) is 9.36 Å². The summed E-state index contributed by atoms with van der Waals surface area (Å²) >= 11 is 0. The van der Waals surface area contributed by atoms with Gasteiger partial charge in [-0.15, -0.1) is 0 Å². The number of imidazole rings is 1. The number of nitrogen functional groups attached to an aromatic ring is 1. The van der Waals surface area contributed by atoms with Gasteiger partial charge in [0.2, 0.25) is 0 Å². The predicted molar refractivity (Wildman–Crippen MR) is 83.6 cm³/mol. The van der Waals surface area contributed by atoms with Gasteiger partial charge < -0.3 is 20.3 Å². The van der Waals surface area contributed by atoms with Crippen molar-refractivity contribution in [1.82, 2.24) is 19.5 Å². The molecular weight excluding hydrogens is 357 g/mol. The molecule has 1 aliphatic rings. The lowest BCUT2D eigenvalue weighted by atomic mass is 10.2. The third-order valence-electron chi connectivity index (χ3n) is 3.74. The van der Waals surface area contributed by atoms with Crippen molar-refractivity contribution in [1.29, 1.82) is 0 Å². The van der Waals surface area contributed by atoms with Crippen molar-refractivity contribution >= 4 is 31.2 Å². The van der Waals surface area contributed by atoms with Crippen LogP contribution in [0.4, 0.5) is 5.82 Å². The van der Waals surface area contributed by atoms with Gasteiger partial charge in [0.05, 0.1) is 19.0 Å². The fourth-order valence-corrected chi connectivity index (χ4v) is 3.02. The number of hydrogen-bond acceptors (Lipinski definition) is 11. The van der Waals surface area contributed by atoms with Crippen molar-refractivity contribution in [3.05, 3.63) is 12.7 Å². The minimum Gasteiger partial charge on any atom is -0.388 e. The number of hydrogen-bond donors (Lipinski definition) is 5. The average molecular weight is 374 g/mol. The number of carbonyl (C=O) groups is 1. The topological polar surface area (TPSA) is 186 Å². The molecule has 1 aliphatic heterocycles. The molecule has 12 nitrogen and oxygen atoms in total. The molecule has 0 aromatic carbocycles. The lowest BCUT2D eigenvalue weighted by Crippen LogP contribution is -2.25. The number of nitrogens with zero attached hydrogens (tertiary/aromatic N) is 4. The van der Waals surface area contributed by atoms with E-state index in [0.717, 1.165) is 0 Å². The van der Waals surface area contributed by atoms with Crippen molar-refractivity contribution in [3.63, 3.8) is 0 Å². The van der Waals surface area contributed by atoms with E-state index in [9.17, 15) is 9.90 Å². The van der Waals surface area contributed by atoms with Crippen molar-refractivity contribution in [2.75, 3.05) is 12.3 Å². The minimum atomic E-state index is -4.45. The number of carbonyl (C=O) groups excluding carboxylic acids is 1. The van der Waals surface area contributed by atoms with Gasteiger partial charge in [-0.05, 0) is 0 Å². The molecule has 136 valence electrons. The van der Waals surface area contributed by atoms with Crippen LogP contribution in [0.3, 0.4) is 0 Å². The highest BCUT2D eigenvalue weighted by molar-refractivity contribution is 7.60. The molecule has 1 fully saturated rings. The zero-order valence-electron chi connectivity index (χ0n) is 12.8. The lowest BCUT2D eigenvalue weighted by molar-refractivity contribution is -0.118. The second-order valence-corrected chi connectivity index (χ2v) is 7.25. The second kappa shape index (κ2) is 6.84. The Hall–Kier alpha value is -1.79. The van der Waals surface area contributed by atoms with Crippen LogP contribution >= 0.6 is 7.94 Å². The molecule has 0 spiro atoms. The van der Waals surface area contributed by atoms with Gasteiger partial charge >= 0.3 is 13.8 Å². The van der Waals surface area contributed by atoms with Crippen LogP contribution in [0, 0.1) is 0 Å². The molecule has 3 heterocycles. The Morgan fingerprint density at radius 2 is 2.20 bits per heavy atom. The maximum Gasteiger partial charge on any atom is 0.442 e. The standard InChI is InChI=1S/C12H17N5O7P/c13-10-9-11(15-4-14-10)17(5-16-9)12-7(19)1-6(24-12)3-23-8(2-18)25(20,21)22/h2,4-8,12,19-22H,1,3H2,(H2,13,14,15)/q+1. The number of aldehydes is 1. The van der Waals surface area contributed by atoms with Gasteiger partial charge in [0.1, 0.15) is 17.9 Å². The molecule has 0 radical (unpaired) electrons. The van der Waals surface area contributed by atoms with Crippen LogP contribution in [0.15, 0.2) is 12.7 Å². The number of aliphatic hydroxyl groups excluding tert-OH is 1. The summed E-state index contributed by atoms with van der Waals surface area (Å²) in [5.41, 5.74) is 6.47. The highest BCUT2D eigenvalue weighted by Gasteiger charge is 2.45. The van der Waals surface area contributed by atoms with Crippen molar-refractivity contribution in [3.8, 4) is 0 Å². The van der Waals surface area contributed by atoms with Gasteiger partial charge in [-0.25, -0.2) is 15.0 Å². The third kappa shape index (κ3) is 3.60. The number of ether oxygens (including phenoxy) is 2. The molecule has 0 amide bonds. The molecule has 4 unspecified atom stereocenters. The van der Waals surface area contributed by atoms with Crippen LogP contribution in [0.2, 0.25) is 0 Å². The van der Waals surface area contributed by atoms with Gasteiger partial charge in [0.25, 0.3) is 0 Å². The molecule has 6 N–H and O–H groups in total. The quantitative estimate of drug-likeness (QED) is 0.288. The third-order valence-corrected chi connectivity index (χ3v) is 4.69. The van der Waals surface area contributed by atoms with Crippen molar-refractivity contribution in [2.24, 2.45) is 0 Å². The van der Waals surface area contributed by atoms with Gasteiger partial charge in [-0.2, -0.15) is 14.7 Å². The van der Waals surface area contributed by atoms with E-state index in [2.05, 4.69) is 15.0 Å². The molecule has 0 bridgehead atoms. The summed E-state index contributed by atoms with van der Waals surface area (Å²) in [6.45, 7) is -0.232. The normalized spacial score (nSPS) is 25.4. The van der Waals surface area contributed by atoms with E-state index >= 15 is 0 Å². The first-order valence-corrected chi connectivity index (χ1v) is 8.93. The number of nitrogens with two attached hydrogens (primary N) is 1. The Labute approximate surface area is 141 Å². The number of rotatable bonds is 6. The monoisotopic (exact) mass is 374 g/mol. The maximum atomic E-state index is 10.7. The molecule has 25 heavy (non-hydrogen) atoms. The van der Waals surface area contributed by atoms with Crippen LogP contribution in [-0.2, 0) is 14.3 Å². The highest BCUT2D eigenvalue weighted by Crippen LogP contribution is 2.50. The molecule has 13 heteroatoms. The SMILES string of the molecule is Nc1ncnc2c1ncn2C1OC(COC(C=O)[P+](O)(O)O)CC1O. The summed E-state index contributed by atoms with van der Waals surface area (Å²) in [7, 11) is -4.45. The maximum absolute atomic E-state index is 10.7. The molecule has 0 saturated carbocycles. The summed E-state index contributed by atoms with van der Waals surface area (Å²) in [6.07, 6.45) is 0.537. The first-order valence-electron chi connectivity index (χ1n) is 7.21. The van der Waals surface area contributed by atoms with Gasteiger partial charge in [-0.1, -0.05) is 0 Å². The number of aliphatic hydroxyl groups is 1. The fraction of sp³-hybridized carbons (Fsp3) is 0.500. The Morgan fingerprint density at radius 3 is 2.88 bits per heavy atom. The summed E-state index contributed by atoms with van der Waals surface area (Å²) < 4.78 is 12.2.